The highest BCUT2D eigenvalue weighted by atomic mass is 32.2. The van der Waals surface area contributed by atoms with E-state index in [1.54, 1.807) is 20.0 Å². The Bertz CT molecular complexity index is 593. The van der Waals surface area contributed by atoms with Crippen LogP contribution >= 0.6 is 0 Å². The zero-order valence-corrected chi connectivity index (χ0v) is 12.2. The smallest absolute Gasteiger partial charge is 0.292 e. The van der Waals surface area contributed by atoms with Gasteiger partial charge in [0.05, 0.1) is 22.7 Å². The van der Waals surface area contributed by atoms with Gasteiger partial charge in [-0.3, -0.25) is 4.79 Å². The number of carbonyl (C=O) groups is 1. The van der Waals surface area contributed by atoms with Gasteiger partial charge in [0.15, 0.2) is 9.84 Å². The molecule has 19 heavy (non-hydrogen) atoms. The number of aryl methyl sites for hydroxylation is 1. The summed E-state index contributed by atoms with van der Waals surface area (Å²) < 4.78 is 28.2. The Kier molecular flexibility index (Phi) is 3.42. The van der Waals surface area contributed by atoms with Crippen molar-refractivity contribution < 1.29 is 17.7 Å². The fourth-order valence-electron chi connectivity index (χ4n) is 2.25. The predicted octanol–water partition coefficient (Wildman–Crippen LogP) is 0.886. The van der Waals surface area contributed by atoms with Crippen molar-refractivity contribution in [2.45, 2.75) is 32.2 Å². The lowest BCUT2D eigenvalue weighted by molar-refractivity contribution is 0.0596. The first kappa shape index (κ1) is 14.0. The summed E-state index contributed by atoms with van der Waals surface area (Å²) in [5.74, 6) is -0.0500. The summed E-state index contributed by atoms with van der Waals surface area (Å²) in [6.07, 6.45) is 1.14. The number of sulfone groups is 1. The number of hydrogen-bond acceptors (Lipinski definition) is 5. The molecule has 0 saturated carbocycles. The Balaban J connectivity index is 2.20. The van der Waals surface area contributed by atoms with Gasteiger partial charge in [0.1, 0.15) is 0 Å². The third-order valence-corrected chi connectivity index (χ3v) is 5.62. The van der Waals surface area contributed by atoms with Crippen LogP contribution in [0.5, 0.6) is 0 Å². The highest BCUT2D eigenvalue weighted by molar-refractivity contribution is 7.91. The molecule has 0 aromatic carbocycles. The Labute approximate surface area is 112 Å². The van der Waals surface area contributed by atoms with Crippen molar-refractivity contribution >= 4 is 15.7 Å². The number of aromatic nitrogens is 1. The molecule has 0 aliphatic carbocycles. The Morgan fingerprint density at radius 2 is 2.26 bits per heavy atom. The van der Waals surface area contributed by atoms with E-state index in [0.29, 0.717) is 18.5 Å². The summed E-state index contributed by atoms with van der Waals surface area (Å²) in [5.41, 5.74) is 0.0377. The number of rotatable bonds is 3. The molecule has 0 bridgehead atoms. The second-order valence-electron chi connectivity index (χ2n) is 5.24. The Morgan fingerprint density at radius 1 is 1.58 bits per heavy atom. The average Bonchev–Trinajstić information content (AvgIpc) is 2.92. The van der Waals surface area contributed by atoms with Gasteiger partial charge in [-0.05, 0) is 19.8 Å². The molecule has 1 aromatic heterocycles. The first-order chi connectivity index (χ1) is 8.77. The summed E-state index contributed by atoms with van der Waals surface area (Å²) in [6, 6.07) is 1.60. The topological polar surface area (TPSA) is 80.5 Å². The van der Waals surface area contributed by atoms with Gasteiger partial charge in [-0.2, -0.15) is 0 Å². The second kappa shape index (κ2) is 4.63. The predicted molar refractivity (Wildman–Crippen MR) is 69.7 cm³/mol. The van der Waals surface area contributed by atoms with Crippen LogP contribution < -0.4 is 0 Å². The minimum absolute atomic E-state index is 0.00296. The molecule has 106 valence electrons. The molecule has 0 radical (unpaired) electrons. The van der Waals surface area contributed by atoms with Crippen LogP contribution in [0.2, 0.25) is 0 Å². The molecular weight excluding hydrogens is 268 g/mol. The first-order valence-electron chi connectivity index (χ1n) is 6.21. The lowest BCUT2D eigenvalue weighted by atomic mass is 9.99. The van der Waals surface area contributed by atoms with Gasteiger partial charge in [-0.15, -0.1) is 0 Å². The van der Waals surface area contributed by atoms with Crippen LogP contribution in [0.4, 0.5) is 0 Å². The Hall–Kier alpha value is -1.37. The van der Waals surface area contributed by atoms with Gasteiger partial charge in [-0.1, -0.05) is 12.1 Å². The minimum Gasteiger partial charge on any atom is -0.351 e. The van der Waals surface area contributed by atoms with E-state index in [0.717, 1.165) is 0 Å². The normalized spacial score (nSPS) is 25.4. The van der Waals surface area contributed by atoms with Crippen LogP contribution in [0.25, 0.3) is 0 Å². The molecule has 1 unspecified atom stereocenters. The van der Waals surface area contributed by atoms with Crippen LogP contribution in [0.15, 0.2) is 10.6 Å². The summed E-state index contributed by atoms with van der Waals surface area (Å²) in [7, 11) is -1.45. The van der Waals surface area contributed by atoms with Crippen molar-refractivity contribution in [3.8, 4) is 0 Å². The van der Waals surface area contributed by atoms with E-state index < -0.39 is 15.4 Å². The minimum atomic E-state index is -3.05. The van der Waals surface area contributed by atoms with E-state index in [1.165, 1.54) is 4.90 Å². The van der Waals surface area contributed by atoms with Crippen LogP contribution in [0.3, 0.4) is 0 Å². The van der Waals surface area contributed by atoms with Crippen molar-refractivity contribution in [1.82, 2.24) is 10.1 Å². The van der Waals surface area contributed by atoms with Crippen molar-refractivity contribution in [1.29, 1.82) is 0 Å². The molecule has 1 atom stereocenters. The molecule has 1 fully saturated rings. The summed E-state index contributed by atoms with van der Waals surface area (Å²) in [4.78, 5) is 13.7. The van der Waals surface area contributed by atoms with E-state index in [-0.39, 0.29) is 23.2 Å². The van der Waals surface area contributed by atoms with Crippen molar-refractivity contribution in [3.63, 3.8) is 0 Å². The molecule has 1 aliphatic heterocycles. The molecule has 2 rings (SSSR count). The van der Waals surface area contributed by atoms with Crippen molar-refractivity contribution in [3.05, 3.63) is 17.5 Å². The van der Waals surface area contributed by atoms with Crippen LogP contribution in [0, 0.1) is 0 Å². The third-order valence-electron chi connectivity index (χ3n) is 3.73. The highest BCUT2D eigenvalue weighted by Gasteiger charge is 2.44. The van der Waals surface area contributed by atoms with Gasteiger partial charge in [-0.25, -0.2) is 8.42 Å². The zero-order chi connectivity index (χ0) is 14.3. The van der Waals surface area contributed by atoms with Crippen LogP contribution in [-0.4, -0.2) is 48.5 Å². The van der Waals surface area contributed by atoms with E-state index in [2.05, 4.69) is 5.16 Å². The van der Waals surface area contributed by atoms with E-state index in [9.17, 15) is 13.2 Å². The monoisotopic (exact) mass is 286 g/mol. The largest absolute Gasteiger partial charge is 0.351 e. The fraction of sp³-hybridized carbons (Fsp3) is 0.667. The molecule has 0 N–H and O–H groups in total. The quantitative estimate of drug-likeness (QED) is 0.824. The lowest BCUT2D eigenvalue weighted by Gasteiger charge is -2.33. The van der Waals surface area contributed by atoms with Gasteiger partial charge >= 0.3 is 0 Å². The molecule has 1 aliphatic rings. The van der Waals surface area contributed by atoms with Crippen molar-refractivity contribution in [2.75, 3.05) is 18.6 Å². The van der Waals surface area contributed by atoms with E-state index >= 15 is 0 Å². The van der Waals surface area contributed by atoms with Gasteiger partial charge in [0, 0.05) is 13.1 Å². The number of nitrogens with zero attached hydrogens (tertiary/aromatic N) is 2. The standard InChI is InChI=1S/C12H18N2O4S/c1-4-9-7-10(18-13-9)11(15)14(3)12(2)5-6-19(16,17)8-12/h7H,4-6,8H2,1-3H3. The number of hydrogen-bond donors (Lipinski definition) is 0. The van der Waals surface area contributed by atoms with Crippen molar-refractivity contribution in [2.24, 2.45) is 0 Å². The molecule has 0 spiro atoms. The SMILES string of the molecule is CCc1cc(C(=O)N(C)C2(C)CCS(=O)(=O)C2)on1. The maximum atomic E-state index is 12.3. The average molecular weight is 286 g/mol. The van der Waals surface area contributed by atoms with E-state index in [4.69, 9.17) is 4.52 Å². The molecule has 6 nitrogen and oxygen atoms in total. The van der Waals surface area contributed by atoms with Gasteiger partial charge < -0.3 is 9.42 Å². The van der Waals surface area contributed by atoms with Crippen LogP contribution in [-0.2, 0) is 16.3 Å². The summed E-state index contributed by atoms with van der Waals surface area (Å²) in [5, 5.41) is 3.78. The first-order valence-corrected chi connectivity index (χ1v) is 8.04. The van der Waals surface area contributed by atoms with Gasteiger partial charge in [0.2, 0.25) is 5.76 Å². The van der Waals surface area contributed by atoms with Crippen LogP contribution in [0.1, 0.15) is 36.5 Å². The summed E-state index contributed by atoms with van der Waals surface area (Å²) >= 11 is 0. The molecule has 2 heterocycles. The maximum absolute atomic E-state index is 12.3. The number of carbonyl (C=O) groups excluding carboxylic acids is 1. The lowest BCUT2D eigenvalue weighted by Crippen LogP contribution is -2.48. The summed E-state index contributed by atoms with van der Waals surface area (Å²) in [6.45, 7) is 3.70. The Morgan fingerprint density at radius 3 is 2.74 bits per heavy atom. The zero-order valence-electron chi connectivity index (χ0n) is 11.3. The number of amides is 1. The molecule has 1 amide bonds. The molecule has 1 aromatic rings. The fourth-order valence-corrected chi connectivity index (χ4v) is 4.43. The maximum Gasteiger partial charge on any atom is 0.292 e. The van der Waals surface area contributed by atoms with E-state index in [1.807, 2.05) is 6.92 Å². The highest BCUT2D eigenvalue weighted by Crippen LogP contribution is 2.29. The van der Waals surface area contributed by atoms with Gasteiger partial charge in [0.25, 0.3) is 5.91 Å². The molecule has 1 saturated heterocycles. The third kappa shape index (κ3) is 2.65. The molecular formula is C12H18N2O4S. The molecule has 7 heteroatoms. The second-order valence-corrected chi connectivity index (χ2v) is 7.42.